The summed E-state index contributed by atoms with van der Waals surface area (Å²) in [5.41, 5.74) is 0.584. The molecular formula is C12H15BrClNOS. The van der Waals surface area contributed by atoms with Crippen LogP contribution in [0.4, 0.5) is 0 Å². The van der Waals surface area contributed by atoms with Gasteiger partial charge in [-0.15, -0.1) is 0 Å². The van der Waals surface area contributed by atoms with Gasteiger partial charge in [-0.3, -0.25) is 4.79 Å². The zero-order valence-corrected chi connectivity index (χ0v) is 13.0. The molecule has 5 heteroatoms. The predicted molar refractivity (Wildman–Crippen MR) is 79.0 cm³/mol. The van der Waals surface area contributed by atoms with Crippen molar-refractivity contribution in [3.63, 3.8) is 0 Å². The van der Waals surface area contributed by atoms with Crippen molar-refractivity contribution in [3.8, 4) is 0 Å². The zero-order chi connectivity index (χ0) is 12.8. The average Bonchev–Trinajstić information content (AvgIpc) is 2.25. The number of rotatable bonds is 5. The molecule has 0 bridgehead atoms. The van der Waals surface area contributed by atoms with Gasteiger partial charge in [-0.2, -0.15) is 11.8 Å². The van der Waals surface area contributed by atoms with E-state index in [4.69, 9.17) is 11.6 Å². The van der Waals surface area contributed by atoms with Crippen LogP contribution in [0.25, 0.3) is 0 Å². The van der Waals surface area contributed by atoms with Crippen molar-refractivity contribution in [2.45, 2.75) is 6.92 Å². The summed E-state index contributed by atoms with van der Waals surface area (Å²) >= 11 is 11.0. The number of benzene rings is 1. The first-order chi connectivity index (χ1) is 8.02. The molecule has 0 aromatic heterocycles. The third-order valence-corrected chi connectivity index (χ3v) is 3.77. The predicted octanol–water partition coefficient (Wildman–Crippen LogP) is 3.83. The molecule has 0 saturated carbocycles. The van der Waals surface area contributed by atoms with Gasteiger partial charge in [-0.1, -0.05) is 34.5 Å². The number of nitrogens with one attached hydrogen (secondary N) is 1. The number of carbonyl (C=O) groups is 1. The fraction of sp³-hybridized carbons (Fsp3) is 0.417. The quantitative estimate of drug-likeness (QED) is 0.885. The standard InChI is InChI=1S/C12H15BrClNOS/c1-8(7-17-2)6-15-12(16)9-3-10(13)5-11(14)4-9/h3-5,8H,6-7H2,1-2H3,(H,15,16). The highest BCUT2D eigenvalue weighted by molar-refractivity contribution is 9.10. The smallest absolute Gasteiger partial charge is 0.251 e. The highest BCUT2D eigenvalue weighted by Crippen LogP contribution is 2.19. The van der Waals surface area contributed by atoms with Gasteiger partial charge in [0.15, 0.2) is 0 Å². The molecule has 1 aromatic rings. The molecule has 0 aliphatic carbocycles. The van der Waals surface area contributed by atoms with Gasteiger partial charge < -0.3 is 5.32 Å². The molecule has 0 spiro atoms. The maximum absolute atomic E-state index is 11.9. The van der Waals surface area contributed by atoms with E-state index in [1.165, 1.54) is 0 Å². The third-order valence-electron chi connectivity index (χ3n) is 2.19. The van der Waals surface area contributed by atoms with Gasteiger partial charge in [0, 0.05) is 21.6 Å². The van der Waals surface area contributed by atoms with Gasteiger partial charge in [0.05, 0.1) is 0 Å². The Hall–Kier alpha value is -0.190. The normalized spacial score (nSPS) is 12.2. The van der Waals surface area contributed by atoms with Gasteiger partial charge >= 0.3 is 0 Å². The van der Waals surface area contributed by atoms with Crippen molar-refractivity contribution >= 4 is 45.2 Å². The van der Waals surface area contributed by atoms with E-state index >= 15 is 0 Å². The van der Waals surface area contributed by atoms with Gasteiger partial charge in [-0.25, -0.2) is 0 Å². The summed E-state index contributed by atoms with van der Waals surface area (Å²) in [6.07, 6.45) is 2.06. The topological polar surface area (TPSA) is 29.1 Å². The SMILES string of the molecule is CSCC(C)CNC(=O)c1cc(Cl)cc(Br)c1. The minimum absolute atomic E-state index is 0.0823. The third kappa shape index (κ3) is 5.32. The van der Waals surface area contributed by atoms with Crippen molar-refractivity contribution < 1.29 is 4.79 Å². The van der Waals surface area contributed by atoms with E-state index in [9.17, 15) is 4.79 Å². The molecule has 0 aliphatic rings. The molecule has 0 radical (unpaired) electrons. The molecule has 0 fully saturated rings. The Morgan fingerprint density at radius 1 is 1.53 bits per heavy atom. The lowest BCUT2D eigenvalue weighted by Crippen LogP contribution is -2.29. The van der Waals surface area contributed by atoms with E-state index < -0.39 is 0 Å². The Balaban J connectivity index is 2.58. The second-order valence-corrected chi connectivity index (χ2v) is 6.19. The molecular weight excluding hydrogens is 322 g/mol. The van der Waals surface area contributed by atoms with Crippen LogP contribution in [0, 0.1) is 5.92 Å². The fourth-order valence-electron chi connectivity index (χ4n) is 1.40. The minimum Gasteiger partial charge on any atom is -0.352 e. The molecule has 2 nitrogen and oxygen atoms in total. The van der Waals surface area contributed by atoms with E-state index in [1.54, 1.807) is 30.0 Å². The molecule has 1 atom stereocenters. The van der Waals surface area contributed by atoms with Crippen LogP contribution in [0.3, 0.4) is 0 Å². The second-order valence-electron chi connectivity index (χ2n) is 3.93. The van der Waals surface area contributed by atoms with Crippen LogP contribution in [-0.4, -0.2) is 24.5 Å². The van der Waals surface area contributed by atoms with Crippen LogP contribution in [0.15, 0.2) is 22.7 Å². The Bertz CT molecular complexity index is 380. The van der Waals surface area contributed by atoms with Crippen molar-refractivity contribution in [1.82, 2.24) is 5.32 Å². The van der Waals surface area contributed by atoms with Crippen LogP contribution in [0.5, 0.6) is 0 Å². The monoisotopic (exact) mass is 335 g/mol. The molecule has 1 rings (SSSR count). The van der Waals surface area contributed by atoms with Crippen LogP contribution in [0.1, 0.15) is 17.3 Å². The number of amides is 1. The highest BCUT2D eigenvalue weighted by atomic mass is 79.9. The van der Waals surface area contributed by atoms with E-state index in [0.717, 1.165) is 10.2 Å². The Morgan fingerprint density at radius 2 is 2.24 bits per heavy atom. The lowest BCUT2D eigenvalue weighted by molar-refractivity contribution is 0.0949. The number of thioether (sulfide) groups is 1. The molecule has 0 heterocycles. The number of hydrogen-bond donors (Lipinski definition) is 1. The Morgan fingerprint density at radius 3 is 2.82 bits per heavy atom. The van der Waals surface area contributed by atoms with Gasteiger partial charge in [-0.05, 0) is 36.1 Å². The first-order valence-corrected chi connectivity index (χ1v) is 7.82. The van der Waals surface area contributed by atoms with Crippen LogP contribution in [0.2, 0.25) is 5.02 Å². The van der Waals surface area contributed by atoms with E-state index in [-0.39, 0.29) is 5.91 Å². The van der Waals surface area contributed by atoms with Crippen LogP contribution < -0.4 is 5.32 Å². The van der Waals surface area contributed by atoms with Crippen LogP contribution in [-0.2, 0) is 0 Å². The van der Waals surface area contributed by atoms with Crippen molar-refractivity contribution in [2.24, 2.45) is 5.92 Å². The first-order valence-electron chi connectivity index (χ1n) is 5.26. The summed E-state index contributed by atoms with van der Waals surface area (Å²) in [7, 11) is 0. The number of halogens is 2. The van der Waals surface area contributed by atoms with E-state index in [0.29, 0.717) is 23.0 Å². The summed E-state index contributed by atoms with van der Waals surface area (Å²) < 4.78 is 0.812. The molecule has 0 aliphatic heterocycles. The zero-order valence-electron chi connectivity index (χ0n) is 9.80. The van der Waals surface area contributed by atoms with Crippen molar-refractivity contribution in [1.29, 1.82) is 0 Å². The summed E-state index contributed by atoms with van der Waals surface area (Å²) in [5, 5.41) is 3.46. The van der Waals surface area contributed by atoms with E-state index in [1.807, 2.05) is 0 Å². The number of hydrogen-bond acceptors (Lipinski definition) is 2. The van der Waals surface area contributed by atoms with Crippen LogP contribution >= 0.6 is 39.3 Å². The molecule has 1 N–H and O–H groups in total. The Labute approximate surface area is 120 Å². The van der Waals surface area contributed by atoms with E-state index in [2.05, 4.69) is 34.4 Å². The second kappa shape index (κ2) is 7.29. The largest absolute Gasteiger partial charge is 0.352 e. The first kappa shape index (κ1) is 14.9. The van der Waals surface area contributed by atoms with Gasteiger partial charge in [0.2, 0.25) is 0 Å². The maximum atomic E-state index is 11.9. The van der Waals surface area contributed by atoms with Crippen molar-refractivity contribution in [2.75, 3.05) is 18.6 Å². The maximum Gasteiger partial charge on any atom is 0.251 e. The average molecular weight is 337 g/mol. The van der Waals surface area contributed by atoms with Gasteiger partial charge in [0.1, 0.15) is 0 Å². The summed E-state index contributed by atoms with van der Waals surface area (Å²) in [4.78, 5) is 11.9. The molecule has 1 aromatic carbocycles. The Kier molecular flexibility index (Phi) is 6.38. The van der Waals surface area contributed by atoms with Crippen molar-refractivity contribution in [3.05, 3.63) is 33.3 Å². The lowest BCUT2D eigenvalue weighted by Gasteiger charge is -2.11. The minimum atomic E-state index is -0.0823. The number of carbonyl (C=O) groups excluding carboxylic acids is 1. The molecule has 0 saturated heterocycles. The molecule has 1 amide bonds. The highest BCUT2D eigenvalue weighted by Gasteiger charge is 2.09. The summed E-state index contributed by atoms with van der Waals surface area (Å²) in [5.74, 6) is 1.43. The lowest BCUT2D eigenvalue weighted by atomic mass is 10.2. The molecule has 17 heavy (non-hydrogen) atoms. The molecule has 1 unspecified atom stereocenters. The summed E-state index contributed by atoms with van der Waals surface area (Å²) in [6.45, 7) is 2.80. The molecule has 94 valence electrons. The van der Waals surface area contributed by atoms with Gasteiger partial charge in [0.25, 0.3) is 5.91 Å². The fourth-order valence-corrected chi connectivity index (χ4v) is 2.94. The summed E-state index contributed by atoms with van der Waals surface area (Å²) in [6, 6.07) is 5.19.